The second-order valence-electron chi connectivity index (χ2n) is 5.29. The number of aliphatic carboxylic acids is 1. The fraction of sp³-hybridized carbons (Fsp3) is 0.375. The molecular formula is C16H18N2O4. The number of hydrogen-bond donors (Lipinski definition) is 1. The summed E-state index contributed by atoms with van der Waals surface area (Å²) in [7, 11) is 0. The maximum absolute atomic E-state index is 11.9. The van der Waals surface area contributed by atoms with Crippen LogP contribution < -0.4 is 0 Å². The summed E-state index contributed by atoms with van der Waals surface area (Å²) in [5, 5.41) is 10.2. The fourth-order valence-electron chi connectivity index (χ4n) is 3.09. The van der Waals surface area contributed by atoms with Crippen molar-refractivity contribution in [1.29, 1.82) is 0 Å². The van der Waals surface area contributed by atoms with Gasteiger partial charge < -0.3 is 19.3 Å². The summed E-state index contributed by atoms with van der Waals surface area (Å²) in [5.41, 5.74) is 2.93. The summed E-state index contributed by atoms with van der Waals surface area (Å²) < 4.78 is 6.91. The Labute approximate surface area is 127 Å². The molecule has 22 heavy (non-hydrogen) atoms. The van der Waals surface area contributed by atoms with Crippen molar-refractivity contribution < 1.29 is 19.4 Å². The Balaban J connectivity index is 2.04. The van der Waals surface area contributed by atoms with Crippen LogP contribution in [0.15, 0.2) is 24.3 Å². The van der Waals surface area contributed by atoms with Gasteiger partial charge in [0.05, 0.1) is 13.2 Å². The first-order valence-corrected chi connectivity index (χ1v) is 7.34. The molecule has 0 fully saturated rings. The monoisotopic (exact) mass is 302 g/mol. The maximum atomic E-state index is 11.9. The molecule has 1 aromatic carbocycles. The van der Waals surface area contributed by atoms with Crippen LogP contribution in [-0.4, -0.2) is 39.8 Å². The van der Waals surface area contributed by atoms with Gasteiger partial charge in [0.25, 0.3) is 0 Å². The summed E-state index contributed by atoms with van der Waals surface area (Å²) >= 11 is 0. The average Bonchev–Trinajstić information content (AvgIpc) is 2.81. The second-order valence-corrected chi connectivity index (χ2v) is 5.29. The molecule has 0 bridgehead atoms. The van der Waals surface area contributed by atoms with Crippen LogP contribution in [0.2, 0.25) is 0 Å². The van der Waals surface area contributed by atoms with E-state index in [2.05, 4.69) is 0 Å². The number of nitrogens with zero attached hydrogens (tertiary/aromatic N) is 2. The van der Waals surface area contributed by atoms with Crippen LogP contribution in [0.25, 0.3) is 10.9 Å². The third-order valence-corrected chi connectivity index (χ3v) is 3.98. The van der Waals surface area contributed by atoms with Crippen molar-refractivity contribution in [3.05, 3.63) is 35.5 Å². The molecule has 6 heteroatoms. The molecule has 0 spiro atoms. The maximum Gasteiger partial charge on any atom is 0.410 e. The average molecular weight is 302 g/mol. The number of rotatable bonds is 3. The lowest BCUT2D eigenvalue weighted by Crippen LogP contribution is -2.36. The van der Waals surface area contributed by atoms with Gasteiger partial charge in [0, 0.05) is 35.1 Å². The number of hydrogen-bond acceptors (Lipinski definition) is 3. The zero-order valence-corrected chi connectivity index (χ0v) is 12.4. The Morgan fingerprint density at radius 3 is 2.82 bits per heavy atom. The zero-order chi connectivity index (χ0) is 15.7. The van der Waals surface area contributed by atoms with E-state index in [0.29, 0.717) is 26.1 Å². The first-order valence-electron chi connectivity index (χ1n) is 7.34. The minimum Gasteiger partial charge on any atom is -0.480 e. The van der Waals surface area contributed by atoms with Crippen molar-refractivity contribution in [2.45, 2.75) is 26.4 Å². The molecular weight excluding hydrogens is 284 g/mol. The molecule has 0 saturated carbocycles. The van der Waals surface area contributed by atoms with Crippen molar-refractivity contribution in [3.63, 3.8) is 0 Å². The van der Waals surface area contributed by atoms with Crippen molar-refractivity contribution in [1.82, 2.24) is 9.47 Å². The number of carbonyl (C=O) groups excluding carboxylic acids is 1. The number of benzene rings is 1. The van der Waals surface area contributed by atoms with Gasteiger partial charge in [-0.25, -0.2) is 4.79 Å². The lowest BCUT2D eigenvalue weighted by molar-refractivity contribution is -0.137. The molecule has 0 aliphatic carbocycles. The summed E-state index contributed by atoms with van der Waals surface area (Å²) in [6, 6.07) is 7.72. The number of aromatic nitrogens is 1. The molecule has 6 nitrogen and oxygen atoms in total. The van der Waals surface area contributed by atoms with Crippen molar-refractivity contribution in [2.75, 3.05) is 13.2 Å². The lowest BCUT2D eigenvalue weighted by Gasteiger charge is -2.27. The Hall–Kier alpha value is -2.50. The SMILES string of the molecule is CCOC(=O)N1CCc2c(c3ccccc3n2CC(=O)O)C1. The van der Waals surface area contributed by atoms with E-state index < -0.39 is 5.97 Å². The molecule has 0 unspecified atom stereocenters. The van der Waals surface area contributed by atoms with Gasteiger partial charge in [-0.2, -0.15) is 0 Å². The first-order chi connectivity index (χ1) is 10.6. The number of para-hydroxylation sites is 1. The van der Waals surface area contributed by atoms with Crippen molar-refractivity contribution >= 4 is 23.0 Å². The third kappa shape index (κ3) is 2.41. The molecule has 3 rings (SSSR count). The molecule has 1 amide bonds. The topological polar surface area (TPSA) is 71.8 Å². The number of fused-ring (bicyclic) bond motifs is 3. The highest BCUT2D eigenvalue weighted by atomic mass is 16.6. The molecule has 0 radical (unpaired) electrons. The highest BCUT2D eigenvalue weighted by Crippen LogP contribution is 2.31. The van der Waals surface area contributed by atoms with E-state index in [1.54, 1.807) is 11.8 Å². The van der Waals surface area contributed by atoms with Gasteiger partial charge in [-0.15, -0.1) is 0 Å². The molecule has 1 aliphatic rings. The Kier molecular flexibility index (Phi) is 3.75. The van der Waals surface area contributed by atoms with E-state index in [1.807, 2.05) is 28.8 Å². The van der Waals surface area contributed by atoms with Crippen molar-refractivity contribution in [3.8, 4) is 0 Å². The van der Waals surface area contributed by atoms with Gasteiger partial charge in [0.2, 0.25) is 0 Å². The second kappa shape index (κ2) is 5.71. The minimum atomic E-state index is -0.864. The van der Waals surface area contributed by atoms with Gasteiger partial charge in [0.1, 0.15) is 6.54 Å². The molecule has 0 saturated heterocycles. The number of carboxylic acids is 1. The summed E-state index contributed by atoms with van der Waals surface area (Å²) in [4.78, 5) is 24.7. The Morgan fingerprint density at radius 1 is 1.32 bits per heavy atom. The fourth-order valence-corrected chi connectivity index (χ4v) is 3.09. The molecule has 116 valence electrons. The summed E-state index contributed by atoms with van der Waals surface area (Å²) in [6.07, 6.45) is 0.319. The zero-order valence-electron chi connectivity index (χ0n) is 12.4. The largest absolute Gasteiger partial charge is 0.480 e. The Morgan fingerprint density at radius 2 is 2.09 bits per heavy atom. The summed E-state index contributed by atoms with van der Waals surface area (Å²) in [5.74, 6) is -0.864. The lowest BCUT2D eigenvalue weighted by atomic mass is 10.0. The predicted octanol–water partition coefficient (Wildman–Crippen LogP) is 2.24. The van der Waals surface area contributed by atoms with Crippen LogP contribution in [0.5, 0.6) is 0 Å². The van der Waals surface area contributed by atoms with E-state index >= 15 is 0 Å². The number of amides is 1. The van der Waals surface area contributed by atoms with E-state index in [-0.39, 0.29) is 12.6 Å². The molecule has 1 N–H and O–H groups in total. The van der Waals surface area contributed by atoms with Crippen LogP contribution in [0.4, 0.5) is 4.79 Å². The van der Waals surface area contributed by atoms with Crippen molar-refractivity contribution in [2.24, 2.45) is 0 Å². The van der Waals surface area contributed by atoms with Gasteiger partial charge in [0.15, 0.2) is 0 Å². The van der Waals surface area contributed by atoms with Gasteiger partial charge in [-0.3, -0.25) is 4.79 Å². The van der Waals surface area contributed by atoms with Gasteiger partial charge in [-0.05, 0) is 13.0 Å². The number of carbonyl (C=O) groups is 2. The number of ether oxygens (including phenoxy) is 1. The predicted molar refractivity (Wildman–Crippen MR) is 80.7 cm³/mol. The summed E-state index contributed by atoms with van der Waals surface area (Å²) in [6.45, 7) is 3.08. The number of carboxylic acid groups (broad SMARTS) is 1. The molecule has 2 heterocycles. The molecule has 2 aromatic rings. The Bertz CT molecular complexity index is 735. The quantitative estimate of drug-likeness (QED) is 0.944. The van der Waals surface area contributed by atoms with Crippen LogP contribution in [0.1, 0.15) is 18.2 Å². The third-order valence-electron chi connectivity index (χ3n) is 3.98. The van der Waals surface area contributed by atoms with Crippen LogP contribution in [-0.2, 0) is 29.0 Å². The molecule has 1 aliphatic heterocycles. The highest BCUT2D eigenvalue weighted by molar-refractivity contribution is 5.87. The van der Waals surface area contributed by atoms with E-state index in [4.69, 9.17) is 9.84 Å². The minimum absolute atomic E-state index is 0.0603. The normalized spacial score (nSPS) is 14.0. The van der Waals surface area contributed by atoms with E-state index in [1.165, 1.54) is 0 Å². The van der Waals surface area contributed by atoms with Gasteiger partial charge >= 0.3 is 12.1 Å². The standard InChI is InChI=1S/C16H18N2O4/c1-2-22-16(21)17-8-7-14-12(9-17)11-5-3-4-6-13(11)18(14)10-15(19)20/h3-6H,2,7-10H2,1H3,(H,19,20). The first kappa shape index (κ1) is 14.4. The van der Waals surface area contributed by atoms with E-state index in [9.17, 15) is 9.59 Å². The molecule has 1 aromatic heterocycles. The highest BCUT2D eigenvalue weighted by Gasteiger charge is 2.27. The van der Waals surface area contributed by atoms with Crippen LogP contribution in [0, 0.1) is 0 Å². The van der Waals surface area contributed by atoms with Crippen LogP contribution in [0.3, 0.4) is 0 Å². The van der Waals surface area contributed by atoms with E-state index in [0.717, 1.165) is 22.2 Å². The van der Waals surface area contributed by atoms with Gasteiger partial charge in [-0.1, -0.05) is 18.2 Å². The smallest absolute Gasteiger partial charge is 0.410 e. The van der Waals surface area contributed by atoms with Crippen LogP contribution >= 0.6 is 0 Å². The molecule has 0 atom stereocenters.